The summed E-state index contributed by atoms with van der Waals surface area (Å²) in [4.78, 5) is 11.7. The molecule has 0 saturated carbocycles. The molecule has 1 aliphatic heterocycles. The average molecular weight is 320 g/mol. The summed E-state index contributed by atoms with van der Waals surface area (Å²) in [5, 5.41) is 0. The normalized spacial score (nSPS) is 20.2. The summed E-state index contributed by atoms with van der Waals surface area (Å²) < 4.78 is 22.6. The molecule has 23 heavy (non-hydrogen) atoms. The molecule has 5 nitrogen and oxygen atoms in total. The molecule has 0 spiro atoms. The van der Waals surface area contributed by atoms with E-state index < -0.39 is 24.4 Å². The van der Waals surface area contributed by atoms with Crippen LogP contribution in [0.2, 0.25) is 0 Å². The lowest BCUT2D eigenvalue weighted by molar-refractivity contribution is -0.148. The lowest BCUT2D eigenvalue weighted by Gasteiger charge is -2.32. The predicted octanol–water partition coefficient (Wildman–Crippen LogP) is 2.32. The SMILES string of the molecule is CCC(Oc1cccc(B2OC(C)(C)C(C)(C)O2)c1)C(=O)OC. The highest BCUT2D eigenvalue weighted by Crippen LogP contribution is 2.36. The maximum Gasteiger partial charge on any atom is 0.494 e. The van der Waals surface area contributed by atoms with Gasteiger partial charge in [0.25, 0.3) is 0 Å². The van der Waals surface area contributed by atoms with Gasteiger partial charge in [0, 0.05) is 0 Å². The van der Waals surface area contributed by atoms with Gasteiger partial charge in [-0.25, -0.2) is 4.79 Å². The number of hydrogen-bond donors (Lipinski definition) is 0. The third kappa shape index (κ3) is 3.70. The van der Waals surface area contributed by atoms with Crippen molar-refractivity contribution in [2.24, 2.45) is 0 Å². The zero-order valence-electron chi connectivity index (χ0n) is 14.7. The molecule has 1 heterocycles. The third-order valence-corrected chi connectivity index (χ3v) is 4.50. The van der Waals surface area contributed by atoms with Crippen LogP contribution in [-0.4, -0.2) is 37.5 Å². The summed E-state index contributed by atoms with van der Waals surface area (Å²) in [6.45, 7) is 9.92. The summed E-state index contributed by atoms with van der Waals surface area (Å²) in [6.07, 6.45) is -0.0820. The number of esters is 1. The van der Waals surface area contributed by atoms with Gasteiger partial charge in [0.1, 0.15) is 5.75 Å². The fraction of sp³-hybridized carbons (Fsp3) is 0.588. The summed E-state index contributed by atoms with van der Waals surface area (Å²) in [6, 6.07) is 7.43. The van der Waals surface area contributed by atoms with Crippen molar-refractivity contribution < 1.29 is 23.6 Å². The first-order valence-electron chi connectivity index (χ1n) is 7.90. The number of hydrogen-bond acceptors (Lipinski definition) is 5. The Morgan fingerprint density at radius 1 is 1.22 bits per heavy atom. The van der Waals surface area contributed by atoms with Crippen LogP contribution in [0.15, 0.2) is 24.3 Å². The Morgan fingerprint density at radius 3 is 2.35 bits per heavy atom. The number of ether oxygens (including phenoxy) is 2. The molecule has 126 valence electrons. The van der Waals surface area contributed by atoms with Gasteiger partial charge < -0.3 is 18.8 Å². The van der Waals surface area contributed by atoms with Gasteiger partial charge in [0.15, 0.2) is 6.10 Å². The smallest absolute Gasteiger partial charge is 0.479 e. The van der Waals surface area contributed by atoms with Gasteiger partial charge in [-0.05, 0) is 51.7 Å². The number of benzene rings is 1. The highest BCUT2D eigenvalue weighted by molar-refractivity contribution is 6.62. The van der Waals surface area contributed by atoms with E-state index in [-0.39, 0.29) is 5.97 Å². The second-order valence-electron chi connectivity index (χ2n) is 6.70. The second-order valence-corrected chi connectivity index (χ2v) is 6.70. The van der Waals surface area contributed by atoms with Gasteiger partial charge in [0.2, 0.25) is 0 Å². The quantitative estimate of drug-likeness (QED) is 0.615. The second kappa shape index (κ2) is 6.53. The Morgan fingerprint density at radius 2 is 1.83 bits per heavy atom. The van der Waals surface area contributed by atoms with Crippen molar-refractivity contribution in [3.8, 4) is 5.75 Å². The van der Waals surface area contributed by atoms with Gasteiger partial charge >= 0.3 is 13.1 Å². The van der Waals surface area contributed by atoms with Gasteiger partial charge in [-0.15, -0.1) is 0 Å². The molecule has 0 radical (unpaired) electrons. The van der Waals surface area contributed by atoms with Gasteiger partial charge in [-0.3, -0.25) is 0 Å². The third-order valence-electron chi connectivity index (χ3n) is 4.50. The van der Waals surface area contributed by atoms with Crippen molar-refractivity contribution in [1.82, 2.24) is 0 Å². The van der Waals surface area contributed by atoms with Crippen molar-refractivity contribution in [2.45, 2.75) is 58.3 Å². The van der Waals surface area contributed by atoms with Crippen LogP contribution in [-0.2, 0) is 18.8 Å². The van der Waals surface area contributed by atoms with E-state index >= 15 is 0 Å². The summed E-state index contributed by atoms with van der Waals surface area (Å²) in [5.74, 6) is 0.211. The first-order valence-corrected chi connectivity index (χ1v) is 7.90. The maximum atomic E-state index is 11.7. The fourth-order valence-electron chi connectivity index (χ4n) is 2.31. The van der Waals surface area contributed by atoms with Gasteiger partial charge in [-0.1, -0.05) is 19.1 Å². The minimum Gasteiger partial charge on any atom is -0.479 e. The molecule has 0 N–H and O–H groups in total. The Kier molecular flexibility index (Phi) is 5.06. The summed E-state index contributed by atoms with van der Waals surface area (Å²) in [5.41, 5.74) is 0.0693. The van der Waals surface area contributed by atoms with Gasteiger partial charge in [0.05, 0.1) is 18.3 Å². The number of rotatable bonds is 5. The molecular weight excluding hydrogens is 295 g/mol. The largest absolute Gasteiger partial charge is 0.494 e. The molecular formula is C17H25BO5. The molecule has 1 aliphatic rings. The number of carbonyl (C=O) groups excluding carboxylic acids is 1. The maximum absolute atomic E-state index is 11.7. The van der Waals surface area contributed by atoms with Crippen molar-refractivity contribution >= 4 is 18.6 Å². The Hall–Kier alpha value is -1.53. The van der Waals surface area contributed by atoms with E-state index in [1.165, 1.54) is 7.11 Å². The molecule has 0 aromatic heterocycles. The minimum absolute atomic E-state index is 0.381. The van der Waals surface area contributed by atoms with Crippen LogP contribution in [0.25, 0.3) is 0 Å². The van der Waals surface area contributed by atoms with E-state index in [9.17, 15) is 4.79 Å². The Labute approximate surface area is 138 Å². The van der Waals surface area contributed by atoms with Crippen LogP contribution in [0, 0.1) is 0 Å². The first-order chi connectivity index (χ1) is 10.7. The van der Waals surface area contributed by atoms with Crippen LogP contribution < -0.4 is 10.2 Å². The lowest BCUT2D eigenvalue weighted by atomic mass is 9.79. The van der Waals surface area contributed by atoms with Gasteiger partial charge in [-0.2, -0.15) is 0 Å². The predicted molar refractivity (Wildman–Crippen MR) is 88.9 cm³/mol. The summed E-state index contributed by atoms with van der Waals surface area (Å²) in [7, 11) is 0.900. The summed E-state index contributed by atoms with van der Waals surface area (Å²) >= 11 is 0. The van der Waals surface area contributed by atoms with Crippen LogP contribution in [0.1, 0.15) is 41.0 Å². The van der Waals surface area contributed by atoms with E-state index in [0.717, 1.165) is 5.46 Å². The molecule has 1 saturated heterocycles. The Balaban J connectivity index is 2.16. The molecule has 1 aromatic rings. The number of methoxy groups -OCH3 is 1. The average Bonchev–Trinajstić information content (AvgIpc) is 2.72. The van der Waals surface area contributed by atoms with Crippen molar-refractivity contribution in [3.05, 3.63) is 24.3 Å². The zero-order valence-corrected chi connectivity index (χ0v) is 14.7. The molecule has 0 bridgehead atoms. The molecule has 1 aromatic carbocycles. The van der Waals surface area contributed by atoms with E-state index in [1.54, 1.807) is 6.07 Å². The van der Waals surface area contributed by atoms with E-state index in [2.05, 4.69) is 0 Å². The molecule has 1 fully saturated rings. The van der Waals surface area contributed by atoms with Crippen molar-refractivity contribution in [3.63, 3.8) is 0 Å². The minimum atomic E-state index is -0.617. The number of carbonyl (C=O) groups is 1. The molecule has 1 atom stereocenters. The lowest BCUT2D eigenvalue weighted by Crippen LogP contribution is -2.41. The molecule has 0 amide bonds. The Bertz CT molecular complexity index is 554. The van der Waals surface area contributed by atoms with E-state index in [4.69, 9.17) is 18.8 Å². The monoisotopic (exact) mass is 320 g/mol. The van der Waals surface area contributed by atoms with Crippen molar-refractivity contribution in [2.75, 3.05) is 7.11 Å². The van der Waals surface area contributed by atoms with E-state index in [0.29, 0.717) is 12.2 Å². The molecule has 1 unspecified atom stereocenters. The highest BCUT2D eigenvalue weighted by Gasteiger charge is 2.51. The standard InChI is InChI=1S/C17H25BO5/c1-7-14(15(19)20-6)21-13-10-8-9-12(11-13)18-22-16(2,3)17(4,5)23-18/h8-11,14H,7H2,1-6H3. The topological polar surface area (TPSA) is 54.0 Å². The van der Waals surface area contributed by atoms with Crippen molar-refractivity contribution in [1.29, 1.82) is 0 Å². The van der Waals surface area contributed by atoms with Crippen LogP contribution in [0.3, 0.4) is 0 Å². The molecule has 6 heteroatoms. The van der Waals surface area contributed by atoms with E-state index in [1.807, 2.05) is 52.8 Å². The fourth-order valence-corrected chi connectivity index (χ4v) is 2.31. The zero-order chi connectivity index (χ0) is 17.3. The van der Waals surface area contributed by atoms with Crippen LogP contribution in [0.5, 0.6) is 5.75 Å². The highest BCUT2D eigenvalue weighted by atomic mass is 16.7. The van der Waals surface area contributed by atoms with Crippen LogP contribution >= 0.6 is 0 Å². The molecule has 0 aliphatic carbocycles. The van der Waals surface area contributed by atoms with Crippen LogP contribution in [0.4, 0.5) is 0 Å². The molecule has 2 rings (SSSR count). The first kappa shape index (κ1) is 17.8.